The van der Waals surface area contributed by atoms with Crippen LogP contribution in [0.5, 0.6) is 0 Å². The number of nitrogens with one attached hydrogen (secondary N) is 1. The summed E-state index contributed by atoms with van der Waals surface area (Å²) in [7, 11) is 0. The van der Waals surface area contributed by atoms with Gasteiger partial charge in [0.15, 0.2) is 0 Å². The lowest BCUT2D eigenvalue weighted by atomic mass is 10.3. The number of hydrogen-bond acceptors (Lipinski definition) is 3. The third-order valence-electron chi connectivity index (χ3n) is 1.26. The Labute approximate surface area is 75.5 Å². The summed E-state index contributed by atoms with van der Waals surface area (Å²) < 4.78 is 4.27. The fraction of sp³-hybridized carbons (Fsp3) is 0.111. The second-order valence-corrected chi connectivity index (χ2v) is 2.37. The van der Waals surface area contributed by atoms with Crippen molar-refractivity contribution >= 4 is 17.7 Å². The van der Waals surface area contributed by atoms with Crippen LogP contribution in [0.25, 0.3) is 0 Å². The van der Waals surface area contributed by atoms with Crippen molar-refractivity contribution in [2.75, 3.05) is 5.32 Å². The number of rotatable bonds is 1. The zero-order valence-corrected chi connectivity index (χ0v) is 7.11. The summed E-state index contributed by atoms with van der Waals surface area (Å²) in [6.45, 7) is 1.17. The molecule has 0 atom stereocenters. The molecule has 0 aliphatic carbocycles. The quantitative estimate of drug-likeness (QED) is 0.528. The molecule has 0 unspecified atom stereocenters. The van der Waals surface area contributed by atoms with Gasteiger partial charge in [-0.05, 0) is 12.1 Å². The summed E-state index contributed by atoms with van der Waals surface area (Å²) in [5, 5.41) is 2.39. The minimum Gasteiger partial charge on any atom is -0.376 e. The molecular formula is C9H9NO3. The van der Waals surface area contributed by atoms with E-state index in [0.717, 1.165) is 0 Å². The molecule has 13 heavy (non-hydrogen) atoms. The Hall–Kier alpha value is -1.84. The number of amides is 1. The topological polar surface area (TPSA) is 55.4 Å². The lowest BCUT2D eigenvalue weighted by Gasteiger charge is -2.02. The summed E-state index contributed by atoms with van der Waals surface area (Å²) in [5.41, 5.74) is 0.591. The average Bonchev–Trinajstić information content (AvgIpc) is 2.04. The second-order valence-electron chi connectivity index (χ2n) is 2.37. The molecule has 0 radical (unpaired) electrons. The molecule has 0 aromatic heterocycles. The monoisotopic (exact) mass is 179 g/mol. The first kappa shape index (κ1) is 9.25. The predicted molar refractivity (Wildman–Crippen MR) is 47.2 cm³/mol. The zero-order chi connectivity index (χ0) is 9.68. The summed E-state index contributed by atoms with van der Waals surface area (Å²) in [6.07, 6.45) is -0.765. The van der Waals surface area contributed by atoms with Gasteiger partial charge in [0.25, 0.3) is 0 Å². The first-order chi connectivity index (χ1) is 6.18. The van der Waals surface area contributed by atoms with Crippen LogP contribution in [0.2, 0.25) is 0 Å². The number of ether oxygens (including phenoxy) is 1. The Balaban J connectivity index is 2.50. The third-order valence-corrected chi connectivity index (χ3v) is 1.26. The van der Waals surface area contributed by atoms with Crippen molar-refractivity contribution in [1.82, 2.24) is 0 Å². The fourth-order valence-electron chi connectivity index (χ4n) is 0.795. The fourth-order valence-corrected chi connectivity index (χ4v) is 0.795. The van der Waals surface area contributed by atoms with Crippen LogP contribution < -0.4 is 5.32 Å². The van der Waals surface area contributed by atoms with Gasteiger partial charge in [0.05, 0.1) is 0 Å². The van der Waals surface area contributed by atoms with E-state index in [1.807, 2.05) is 6.07 Å². The maximum absolute atomic E-state index is 10.9. The molecule has 1 N–H and O–H groups in total. The van der Waals surface area contributed by atoms with Gasteiger partial charge in [-0.2, -0.15) is 0 Å². The molecule has 68 valence electrons. The van der Waals surface area contributed by atoms with Gasteiger partial charge in [-0.15, -0.1) is 0 Å². The van der Waals surface area contributed by atoms with Crippen molar-refractivity contribution in [2.45, 2.75) is 6.92 Å². The van der Waals surface area contributed by atoms with Crippen LogP contribution in [0, 0.1) is 0 Å². The van der Waals surface area contributed by atoms with Crippen molar-refractivity contribution in [3.8, 4) is 0 Å². The van der Waals surface area contributed by atoms with Gasteiger partial charge in [-0.1, -0.05) is 18.2 Å². The molecule has 0 aliphatic heterocycles. The van der Waals surface area contributed by atoms with Crippen LogP contribution in [-0.4, -0.2) is 12.1 Å². The smallest absolute Gasteiger partial charge is 0.376 e. The maximum Gasteiger partial charge on any atom is 0.419 e. The van der Waals surface area contributed by atoms with Crippen LogP contribution in [0.4, 0.5) is 10.5 Å². The number of hydrogen-bond donors (Lipinski definition) is 1. The first-order valence-corrected chi connectivity index (χ1v) is 3.73. The molecule has 0 fully saturated rings. The molecule has 0 spiro atoms. The third kappa shape index (κ3) is 3.37. The van der Waals surface area contributed by atoms with E-state index in [1.54, 1.807) is 24.3 Å². The van der Waals surface area contributed by atoms with E-state index < -0.39 is 12.1 Å². The number of para-hydroxylation sites is 1. The molecule has 0 bridgehead atoms. The predicted octanol–water partition coefficient (Wildman–Crippen LogP) is 1.78. The molecule has 0 heterocycles. The molecule has 1 rings (SSSR count). The van der Waals surface area contributed by atoms with E-state index >= 15 is 0 Å². The summed E-state index contributed by atoms with van der Waals surface area (Å²) in [5.74, 6) is -0.631. The van der Waals surface area contributed by atoms with Gasteiger partial charge in [0.1, 0.15) is 0 Å². The number of carbonyl (C=O) groups excluding carboxylic acids is 2. The number of anilines is 1. The van der Waals surface area contributed by atoms with E-state index in [0.29, 0.717) is 5.69 Å². The molecule has 0 aliphatic rings. The van der Waals surface area contributed by atoms with Gasteiger partial charge in [0.2, 0.25) is 0 Å². The first-order valence-electron chi connectivity index (χ1n) is 3.73. The molecule has 1 aromatic rings. The van der Waals surface area contributed by atoms with Crippen LogP contribution >= 0.6 is 0 Å². The van der Waals surface area contributed by atoms with Crippen molar-refractivity contribution in [2.24, 2.45) is 0 Å². The van der Waals surface area contributed by atoms with Crippen molar-refractivity contribution in [3.63, 3.8) is 0 Å². The second kappa shape index (κ2) is 4.25. The molecule has 0 saturated carbocycles. The van der Waals surface area contributed by atoms with Crippen LogP contribution in [-0.2, 0) is 9.53 Å². The molecule has 4 nitrogen and oxygen atoms in total. The van der Waals surface area contributed by atoms with E-state index in [1.165, 1.54) is 6.92 Å². The number of carbonyl (C=O) groups is 2. The summed E-state index contributed by atoms with van der Waals surface area (Å²) in [4.78, 5) is 21.2. The minimum atomic E-state index is -0.765. The Morgan fingerprint density at radius 3 is 2.38 bits per heavy atom. The normalized spacial score (nSPS) is 9.00. The van der Waals surface area contributed by atoms with E-state index in [-0.39, 0.29) is 0 Å². The molecular weight excluding hydrogens is 170 g/mol. The van der Waals surface area contributed by atoms with Crippen LogP contribution in [0.1, 0.15) is 6.92 Å². The van der Waals surface area contributed by atoms with Gasteiger partial charge < -0.3 is 4.74 Å². The number of esters is 1. The highest BCUT2D eigenvalue weighted by atomic mass is 16.6. The average molecular weight is 179 g/mol. The van der Waals surface area contributed by atoms with Gasteiger partial charge in [-0.3, -0.25) is 10.1 Å². The van der Waals surface area contributed by atoms with Crippen molar-refractivity contribution in [1.29, 1.82) is 0 Å². The molecule has 0 saturated heterocycles. The summed E-state index contributed by atoms with van der Waals surface area (Å²) >= 11 is 0. The highest BCUT2D eigenvalue weighted by Gasteiger charge is 2.04. The lowest BCUT2D eigenvalue weighted by molar-refractivity contribution is -0.134. The maximum atomic E-state index is 10.9. The van der Waals surface area contributed by atoms with E-state index in [9.17, 15) is 9.59 Å². The van der Waals surface area contributed by atoms with E-state index in [2.05, 4.69) is 10.1 Å². The van der Waals surface area contributed by atoms with Crippen molar-refractivity contribution < 1.29 is 14.3 Å². The SMILES string of the molecule is CC(=O)OC(=O)Nc1ccccc1. The highest BCUT2D eigenvalue weighted by Crippen LogP contribution is 2.04. The Morgan fingerprint density at radius 1 is 1.23 bits per heavy atom. The zero-order valence-electron chi connectivity index (χ0n) is 7.11. The van der Waals surface area contributed by atoms with Gasteiger partial charge in [0, 0.05) is 12.6 Å². The standard InChI is InChI=1S/C9H9NO3/c1-7(11)13-9(12)10-8-5-3-2-4-6-8/h2-6H,1H3,(H,10,12). The molecule has 4 heteroatoms. The van der Waals surface area contributed by atoms with Gasteiger partial charge >= 0.3 is 12.1 Å². The minimum absolute atomic E-state index is 0.591. The summed E-state index contributed by atoms with van der Waals surface area (Å²) in [6, 6.07) is 8.75. The Bertz CT molecular complexity index is 308. The Kier molecular flexibility index (Phi) is 3.03. The van der Waals surface area contributed by atoms with Crippen LogP contribution in [0.15, 0.2) is 30.3 Å². The van der Waals surface area contributed by atoms with Gasteiger partial charge in [-0.25, -0.2) is 4.79 Å². The van der Waals surface area contributed by atoms with Crippen molar-refractivity contribution in [3.05, 3.63) is 30.3 Å². The largest absolute Gasteiger partial charge is 0.419 e. The molecule has 1 aromatic carbocycles. The number of benzene rings is 1. The lowest BCUT2D eigenvalue weighted by Crippen LogP contribution is -2.16. The van der Waals surface area contributed by atoms with E-state index in [4.69, 9.17) is 0 Å². The highest BCUT2D eigenvalue weighted by molar-refractivity contribution is 5.92. The van der Waals surface area contributed by atoms with Crippen LogP contribution in [0.3, 0.4) is 0 Å². The Morgan fingerprint density at radius 2 is 1.85 bits per heavy atom. The molecule has 1 amide bonds.